The fourth-order valence-electron chi connectivity index (χ4n) is 1.87. The van der Waals surface area contributed by atoms with Gasteiger partial charge in [0.05, 0.1) is 7.11 Å². The van der Waals surface area contributed by atoms with Crippen LogP contribution in [0.25, 0.3) is 0 Å². The van der Waals surface area contributed by atoms with Crippen LogP contribution >= 0.6 is 0 Å². The van der Waals surface area contributed by atoms with Crippen LogP contribution in [0.1, 0.15) is 10.4 Å². The van der Waals surface area contributed by atoms with Gasteiger partial charge < -0.3 is 15.4 Å². The lowest BCUT2D eigenvalue weighted by Crippen LogP contribution is -2.11. The third kappa shape index (κ3) is 4.36. The van der Waals surface area contributed by atoms with Crippen LogP contribution in [0.5, 0.6) is 5.75 Å². The molecule has 0 aliphatic rings. The van der Waals surface area contributed by atoms with Crippen LogP contribution in [0.15, 0.2) is 60.3 Å². The zero-order valence-electron chi connectivity index (χ0n) is 12.9. The van der Waals surface area contributed by atoms with E-state index in [1.807, 2.05) is 0 Å². The van der Waals surface area contributed by atoms with Gasteiger partial charge in [-0.1, -0.05) is 6.07 Å². The first kappa shape index (κ1) is 16.6. The third-order valence-corrected chi connectivity index (χ3v) is 3.10. The summed E-state index contributed by atoms with van der Waals surface area (Å²) in [6.45, 7) is 0. The Morgan fingerprint density at radius 3 is 2.42 bits per heavy atom. The van der Waals surface area contributed by atoms with Gasteiger partial charge in [0.2, 0.25) is 0 Å². The van der Waals surface area contributed by atoms with Crippen LogP contribution < -0.4 is 15.4 Å². The highest BCUT2D eigenvalue weighted by Crippen LogP contribution is 2.17. The van der Waals surface area contributed by atoms with Crippen molar-refractivity contribution in [3.63, 3.8) is 0 Å². The number of benzene rings is 2. The summed E-state index contributed by atoms with van der Waals surface area (Å²) in [5.41, 5.74) is 1.64. The van der Waals surface area contributed by atoms with Gasteiger partial charge in [0.1, 0.15) is 23.5 Å². The second-order valence-corrected chi connectivity index (χ2v) is 4.69. The van der Waals surface area contributed by atoms with Crippen molar-refractivity contribution in [1.82, 2.24) is 0 Å². The molecule has 0 fully saturated rings. The Kier molecular flexibility index (Phi) is 5.55. The average Bonchev–Trinajstić information content (AvgIpc) is 2.63. The molecule has 0 radical (unpaired) electrons. The molecule has 0 bridgehead atoms. The predicted molar refractivity (Wildman–Crippen MR) is 90.3 cm³/mol. The summed E-state index contributed by atoms with van der Waals surface area (Å²) < 4.78 is 5.07. The first-order chi connectivity index (χ1) is 11.7. The van der Waals surface area contributed by atoms with Crippen molar-refractivity contribution in [1.29, 1.82) is 10.5 Å². The number of rotatable bonds is 5. The van der Waals surface area contributed by atoms with Gasteiger partial charge >= 0.3 is 0 Å². The number of nitrogens with zero attached hydrogens (tertiary/aromatic N) is 2. The Hall–Kier alpha value is -3.77. The Morgan fingerprint density at radius 1 is 1.08 bits per heavy atom. The first-order valence-corrected chi connectivity index (χ1v) is 6.98. The maximum Gasteiger partial charge on any atom is 0.255 e. The molecular weight excluding hydrogens is 304 g/mol. The largest absolute Gasteiger partial charge is 0.497 e. The molecule has 0 aliphatic carbocycles. The first-order valence-electron chi connectivity index (χ1n) is 6.98. The van der Waals surface area contributed by atoms with Gasteiger partial charge in [0.25, 0.3) is 5.91 Å². The Labute approximate surface area is 139 Å². The number of amides is 1. The molecule has 6 heteroatoms. The van der Waals surface area contributed by atoms with Crippen LogP contribution in [0.4, 0.5) is 11.4 Å². The van der Waals surface area contributed by atoms with E-state index < -0.39 is 0 Å². The van der Waals surface area contributed by atoms with E-state index in [2.05, 4.69) is 10.6 Å². The highest BCUT2D eigenvalue weighted by atomic mass is 16.5. The van der Waals surface area contributed by atoms with E-state index in [-0.39, 0.29) is 11.5 Å². The van der Waals surface area contributed by atoms with Gasteiger partial charge in [0, 0.05) is 23.1 Å². The van der Waals surface area contributed by atoms with Gasteiger partial charge in [-0.05, 0) is 42.5 Å². The normalized spacial score (nSPS) is 9.12. The van der Waals surface area contributed by atoms with Crippen molar-refractivity contribution < 1.29 is 9.53 Å². The number of allylic oxidation sites excluding steroid dienone is 1. The monoisotopic (exact) mass is 318 g/mol. The number of methoxy groups -OCH3 is 1. The minimum atomic E-state index is -0.270. The zero-order valence-corrected chi connectivity index (χ0v) is 12.9. The van der Waals surface area contributed by atoms with Crippen LogP contribution in [-0.2, 0) is 0 Å². The molecule has 1 amide bonds. The van der Waals surface area contributed by atoms with Gasteiger partial charge in [-0.2, -0.15) is 10.5 Å². The van der Waals surface area contributed by atoms with Gasteiger partial charge in [-0.3, -0.25) is 4.79 Å². The van der Waals surface area contributed by atoms with Crippen molar-refractivity contribution in [3.05, 3.63) is 65.9 Å². The standard InChI is InChI=1S/C18H14N4O2/c1-24-17-7-5-15(6-8-17)22-18(23)14-3-2-4-16(9-14)21-12-13(10-19)11-20/h2-9,12,21H,1H3,(H,22,23). The van der Waals surface area contributed by atoms with Crippen molar-refractivity contribution in [2.45, 2.75) is 0 Å². The Balaban J connectivity index is 2.10. The van der Waals surface area contributed by atoms with Crippen LogP contribution in [0.3, 0.4) is 0 Å². The molecular formula is C18H14N4O2. The highest BCUT2D eigenvalue weighted by Gasteiger charge is 2.07. The molecule has 24 heavy (non-hydrogen) atoms. The fraction of sp³-hybridized carbons (Fsp3) is 0.0556. The summed E-state index contributed by atoms with van der Waals surface area (Å²) >= 11 is 0. The minimum Gasteiger partial charge on any atom is -0.497 e. The summed E-state index contributed by atoms with van der Waals surface area (Å²) in [7, 11) is 1.57. The molecule has 0 atom stereocenters. The van der Waals surface area contributed by atoms with Crippen molar-refractivity contribution in [2.24, 2.45) is 0 Å². The molecule has 0 aromatic heterocycles. The molecule has 2 rings (SSSR count). The summed E-state index contributed by atoms with van der Waals surface area (Å²) in [5, 5.41) is 23.0. The highest BCUT2D eigenvalue weighted by molar-refractivity contribution is 6.04. The van der Waals surface area contributed by atoms with E-state index in [0.717, 1.165) is 0 Å². The molecule has 2 aromatic rings. The maximum atomic E-state index is 12.3. The summed E-state index contributed by atoms with van der Waals surface area (Å²) in [6.07, 6.45) is 1.29. The molecule has 0 heterocycles. The van der Waals surface area contributed by atoms with E-state index in [0.29, 0.717) is 22.7 Å². The number of hydrogen-bond donors (Lipinski definition) is 2. The predicted octanol–water partition coefficient (Wildman–Crippen LogP) is 3.29. The number of nitrogens with one attached hydrogen (secondary N) is 2. The van der Waals surface area contributed by atoms with Crippen LogP contribution in [0.2, 0.25) is 0 Å². The second-order valence-electron chi connectivity index (χ2n) is 4.69. The van der Waals surface area contributed by atoms with Crippen molar-refractivity contribution >= 4 is 17.3 Å². The number of anilines is 2. The average molecular weight is 318 g/mol. The molecule has 0 unspecified atom stereocenters. The van der Waals surface area contributed by atoms with Gasteiger partial charge in [-0.25, -0.2) is 0 Å². The lowest BCUT2D eigenvalue weighted by Gasteiger charge is -2.08. The van der Waals surface area contributed by atoms with Crippen LogP contribution in [-0.4, -0.2) is 13.0 Å². The van der Waals surface area contributed by atoms with Crippen molar-refractivity contribution in [3.8, 4) is 17.9 Å². The lowest BCUT2D eigenvalue weighted by atomic mass is 10.2. The molecule has 0 spiro atoms. The van der Waals surface area contributed by atoms with Gasteiger partial charge in [-0.15, -0.1) is 0 Å². The molecule has 118 valence electrons. The van der Waals surface area contributed by atoms with E-state index in [9.17, 15) is 4.79 Å². The molecule has 0 saturated carbocycles. The topological polar surface area (TPSA) is 97.9 Å². The number of nitriles is 2. The summed E-state index contributed by atoms with van der Waals surface area (Å²) in [4.78, 5) is 12.3. The summed E-state index contributed by atoms with van der Waals surface area (Å²) in [6, 6.07) is 17.2. The molecule has 2 aromatic carbocycles. The quantitative estimate of drug-likeness (QED) is 0.824. The van der Waals surface area contributed by atoms with Gasteiger partial charge in [0.15, 0.2) is 0 Å². The SMILES string of the molecule is COc1ccc(NC(=O)c2cccc(NC=C(C#N)C#N)c2)cc1. The summed E-state index contributed by atoms with van der Waals surface area (Å²) in [5.74, 6) is 0.436. The number of hydrogen-bond acceptors (Lipinski definition) is 5. The molecule has 6 nitrogen and oxygen atoms in total. The van der Waals surface area contributed by atoms with E-state index in [1.54, 1.807) is 67.8 Å². The van der Waals surface area contributed by atoms with Crippen LogP contribution in [0, 0.1) is 22.7 Å². The van der Waals surface area contributed by atoms with E-state index in [1.165, 1.54) is 6.20 Å². The van der Waals surface area contributed by atoms with E-state index in [4.69, 9.17) is 15.3 Å². The molecule has 2 N–H and O–H groups in total. The number of carbonyl (C=O) groups excluding carboxylic acids is 1. The minimum absolute atomic E-state index is 0.0527. The lowest BCUT2D eigenvalue weighted by molar-refractivity contribution is 0.102. The zero-order chi connectivity index (χ0) is 17.4. The number of carbonyl (C=O) groups is 1. The van der Waals surface area contributed by atoms with Crippen molar-refractivity contribution in [2.75, 3.05) is 17.7 Å². The smallest absolute Gasteiger partial charge is 0.255 e. The molecule has 0 saturated heterocycles. The number of ether oxygens (including phenoxy) is 1. The Morgan fingerprint density at radius 2 is 1.79 bits per heavy atom. The second kappa shape index (κ2) is 8.02. The Bertz CT molecular complexity index is 827. The fourth-order valence-corrected chi connectivity index (χ4v) is 1.87. The van der Waals surface area contributed by atoms with E-state index >= 15 is 0 Å². The maximum absolute atomic E-state index is 12.3. The third-order valence-electron chi connectivity index (χ3n) is 3.10. The molecule has 0 aliphatic heterocycles.